The molecule has 0 aliphatic heterocycles. The fraction of sp³-hybridized carbons (Fsp3) is 0.308. The van der Waals surface area contributed by atoms with Gasteiger partial charge < -0.3 is 15.5 Å². The highest BCUT2D eigenvalue weighted by atomic mass is 32.1. The first-order valence-corrected chi connectivity index (χ1v) is 6.90. The summed E-state index contributed by atoms with van der Waals surface area (Å²) in [6, 6.07) is 7.73. The van der Waals surface area contributed by atoms with Gasteiger partial charge in [-0.3, -0.25) is 4.79 Å². The Kier molecular flexibility index (Phi) is 4.65. The van der Waals surface area contributed by atoms with Crippen LogP contribution in [0.4, 0.5) is 0 Å². The largest absolute Gasteiger partial charge is 0.479 e. The number of aromatic nitrogens is 1. The molecule has 0 saturated heterocycles. The summed E-state index contributed by atoms with van der Waals surface area (Å²) in [6.45, 7) is -0.284. The lowest BCUT2D eigenvalue weighted by Gasteiger charge is -2.06. The lowest BCUT2D eigenvalue weighted by molar-refractivity contribution is -0.146. The third kappa shape index (κ3) is 3.75. The number of benzene rings is 1. The predicted octanol–water partition coefficient (Wildman–Crippen LogP) is 0.791. The third-order valence-corrected chi connectivity index (χ3v) is 3.78. The Morgan fingerprint density at radius 2 is 2.10 bits per heavy atom. The summed E-state index contributed by atoms with van der Waals surface area (Å²) in [5.74, 6) is -1.65. The van der Waals surface area contributed by atoms with Crippen LogP contribution in [0.1, 0.15) is 11.4 Å². The second-order valence-electron chi connectivity index (χ2n) is 4.23. The van der Waals surface area contributed by atoms with Crippen LogP contribution in [0.5, 0.6) is 0 Å². The number of hydrogen-bond acceptors (Lipinski definition) is 5. The van der Waals surface area contributed by atoms with E-state index in [-0.39, 0.29) is 18.9 Å². The van der Waals surface area contributed by atoms with Crippen LogP contribution in [0.15, 0.2) is 24.3 Å². The molecular weight excluding hydrogens is 280 g/mol. The SMILES string of the molecule is O=C(CCc1nc2ccccc2s1)NCC(O)C(=O)O. The Morgan fingerprint density at radius 1 is 1.35 bits per heavy atom. The Bertz CT molecular complexity index is 593. The van der Waals surface area contributed by atoms with Crippen molar-refractivity contribution < 1.29 is 19.8 Å². The molecule has 1 amide bonds. The molecule has 0 spiro atoms. The van der Waals surface area contributed by atoms with Gasteiger partial charge in [0, 0.05) is 12.8 Å². The van der Waals surface area contributed by atoms with Gasteiger partial charge in [0.25, 0.3) is 0 Å². The van der Waals surface area contributed by atoms with E-state index in [1.807, 2.05) is 24.3 Å². The quantitative estimate of drug-likeness (QED) is 0.731. The minimum absolute atomic E-state index is 0.214. The van der Waals surface area contributed by atoms with E-state index in [0.29, 0.717) is 6.42 Å². The van der Waals surface area contributed by atoms with Gasteiger partial charge in [-0.15, -0.1) is 11.3 Å². The number of amides is 1. The minimum atomic E-state index is -1.57. The highest BCUT2D eigenvalue weighted by molar-refractivity contribution is 7.18. The molecule has 20 heavy (non-hydrogen) atoms. The number of thiazole rings is 1. The van der Waals surface area contributed by atoms with E-state index in [9.17, 15) is 9.59 Å². The van der Waals surface area contributed by atoms with Crippen molar-refractivity contribution in [2.75, 3.05) is 6.54 Å². The molecule has 0 aliphatic carbocycles. The summed E-state index contributed by atoms with van der Waals surface area (Å²) in [7, 11) is 0. The van der Waals surface area contributed by atoms with E-state index < -0.39 is 12.1 Å². The zero-order valence-electron chi connectivity index (χ0n) is 10.6. The van der Waals surface area contributed by atoms with Crippen molar-refractivity contribution in [3.63, 3.8) is 0 Å². The van der Waals surface area contributed by atoms with E-state index in [0.717, 1.165) is 15.2 Å². The first-order valence-electron chi connectivity index (χ1n) is 6.08. The standard InChI is InChI=1S/C13H14N2O4S/c16-9(13(18)19)7-14-11(17)5-6-12-15-8-3-1-2-4-10(8)20-12/h1-4,9,16H,5-7H2,(H,14,17)(H,18,19). The molecule has 106 valence electrons. The van der Waals surface area contributed by atoms with Gasteiger partial charge in [0.2, 0.25) is 5.91 Å². The Balaban J connectivity index is 1.82. The molecule has 0 aliphatic rings. The van der Waals surface area contributed by atoms with Crippen molar-refractivity contribution in [1.82, 2.24) is 10.3 Å². The van der Waals surface area contributed by atoms with Crippen LogP contribution in [-0.2, 0) is 16.0 Å². The van der Waals surface area contributed by atoms with Gasteiger partial charge >= 0.3 is 5.97 Å². The maximum Gasteiger partial charge on any atom is 0.334 e. The summed E-state index contributed by atoms with van der Waals surface area (Å²) >= 11 is 1.53. The molecule has 1 atom stereocenters. The molecule has 0 fully saturated rings. The van der Waals surface area contributed by atoms with Crippen LogP contribution < -0.4 is 5.32 Å². The topological polar surface area (TPSA) is 99.5 Å². The van der Waals surface area contributed by atoms with Crippen molar-refractivity contribution in [1.29, 1.82) is 0 Å². The number of aliphatic hydroxyl groups excluding tert-OH is 1. The van der Waals surface area contributed by atoms with Crippen LogP contribution >= 0.6 is 11.3 Å². The van der Waals surface area contributed by atoms with Gasteiger partial charge in [0.1, 0.15) is 0 Å². The van der Waals surface area contributed by atoms with E-state index in [1.54, 1.807) is 0 Å². The Labute approximate surface area is 119 Å². The summed E-state index contributed by atoms with van der Waals surface area (Å²) in [4.78, 5) is 26.3. The number of carboxylic acids is 1. The lowest BCUT2D eigenvalue weighted by atomic mass is 10.3. The smallest absolute Gasteiger partial charge is 0.334 e. The van der Waals surface area contributed by atoms with Crippen LogP contribution in [-0.4, -0.2) is 39.7 Å². The number of fused-ring (bicyclic) bond motifs is 1. The predicted molar refractivity (Wildman–Crippen MR) is 74.6 cm³/mol. The van der Waals surface area contributed by atoms with Gasteiger partial charge in [0.05, 0.1) is 21.8 Å². The molecule has 0 radical (unpaired) electrons. The summed E-state index contributed by atoms with van der Waals surface area (Å²) in [5.41, 5.74) is 0.911. The molecule has 1 heterocycles. The number of para-hydroxylation sites is 1. The first-order chi connectivity index (χ1) is 9.56. The third-order valence-electron chi connectivity index (χ3n) is 2.68. The number of hydrogen-bond donors (Lipinski definition) is 3. The van der Waals surface area contributed by atoms with Crippen molar-refractivity contribution in [3.05, 3.63) is 29.3 Å². The fourth-order valence-electron chi connectivity index (χ4n) is 1.63. The second-order valence-corrected chi connectivity index (χ2v) is 5.35. The van der Waals surface area contributed by atoms with E-state index in [2.05, 4.69) is 10.3 Å². The highest BCUT2D eigenvalue weighted by Crippen LogP contribution is 2.22. The maximum absolute atomic E-state index is 11.5. The molecule has 7 heteroatoms. The number of carboxylic acid groups (broad SMARTS) is 1. The summed E-state index contributed by atoms with van der Waals surface area (Å²) in [5, 5.41) is 20.7. The zero-order valence-corrected chi connectivity index (χ0v) is 11.4. The van der Waals surface area contributed by atoms with Crippen LogP contribution in [0.25, 0.3) is 10.2 Å². The Hall–Kier alpha value is -1.99. The van der Waals surface area contributed by atoms with Crippen LogP contribution in [0.2, 0.25) is 0 Å². The minimum Gasteiger partial charge on any atom is -0.479 e. The number of aryl methyl sites for hydroxylation is 1. The van der Waals surface area contributed by atoms with Gasteiger partial charge in [-0.05, 0) is 12.1 Å². The highest BCUT2D eigenvalue weighted by Gasteiger charge is 2.14. The number of carbonyl (C=O) groups is 2. The Morgan fingerprint density at radius 3 is 2.80 bits per heavy atom. The normalized spacial score (nSPS) is 12.2. The lowest BCUT2D eigenvalue weighted by Crippen LogP contribution is -2.36. The molecule has 6 nitrogen and oxygen atoms in total. The molecular formula is C13H14N2O4S. The summed E-state index contributed by atoms with van der Waals surface area (Å²) in [6.07, 6.45) is -0.859. The number of aliphatic hydroxyl groups is 1. The van der Waals surface area contributed by atoms with Crippen molar-refractivity contribution in [3.8, 4) is 0 Å². The number of nitrogens with zero attached hydrogens (tertiary/aromatic N) is 1. The fourth-order valence-corrected chi connectivity index (χ4v) is 2.60. The zero-order chi connectivity index (χ0) is 14.5. The number of aliphatic carboxylic acids is 1. The molecule has 1 aromatic heterocycles. The van der Waals surface area contributed by atoms with Crippen LogP contribution in [0.3, 0.4) is 0 Å². The van der Waals surface area contributed by atoms with Crippen molar-refractivity contribution >= 4 is 33.4 Å². The molecule has 2 rings (SSSR count). The molecule has 3 N–H and O–H groups in total. The number of carbonyl (C=O) groups excluding carboxylic acids is 1. The second kappa shape index (κ2) is 6.44. The maximum atomic E-state index is 11.5. The van der Waals surface area contributed by atoms with E-state index in [4.69, 9.17) is 10.2 Å². The van der Waals surface area contributed by atoms with Gasteiger partial charge in [-0.25, -0.2) is 9.78 Å². The molecule has 0 bridgehead atoms. The van der Waals surface area contributed by atoms with E-state index >= 15 is 0 Å². The van der Waals surface area contributed by atoms with Gasteiger partial charge in [-0.2, -0.15) is 0 Å². The van der Waals surface area contributed by atoms with E-state index in [1.165, 1.54) is 11.3 Å². The summed E-state index contributed by atoms with van der Waals surface area (Å²) < 4.78 is 1.07. The monoisotopic (exact) mass is 294 g/mol. The first kappa shape index (κ1) is 14.4. The van der Waals surface area contributed by atoms with Crippen molar-refractivity contribution in [2.24, 2.45) is 0 Å². The van der Waals surface area contributed by atoms with Crippen LogP contribution in [0, 0.1) is 0 Å². The number of nitrogens with one attached hydrogen (secondary N) is 1. The molecule has 0 saturated carbocycles. The van der Waals surface area contributed by atoms with Gasteiger partial charge in [0.15, 0.2) is 6.10 Å². The molecule has 1 aromatic carbocycles. The average molecular weight is 294 g/mol. The van der Waals surface area contributed by atoms with Crippen molar-refractivity contribution in [2.45, 2.75) is 18.9 Å². The molecule has 2 aromatic rings. The molecule has 1 unspecified atom stereocenters. The number of rotatable bonds is 6. The van der Waals surface area contributed by atoms with Gasteiger partial charge in [-0.1, -0.05) is 12.1 Å². The average Bonchev–Trinajstić information content (AvgIpc) is 2.85.